The number of allylic oxidation sites excluding steroid dienone is 2. The highest BCUT2D eigenvalue weighted by atomic mass is 35.5. The monoisotopic (exact) mass is 500 g/mol. The molecule has 3 N–H and O–H groups in total. The Morgan fingerprint density at radius 1 is 1.28 bits per heavy atom. The maximum absolute atomic E-state index is 11.0. The Morgan fingerprint density at radius 2 is 2.06 bits per heavy atom. The number of alkyl halides is 1. The molecule has 2 aliphatic carbocycles. The number of aliphatic hydroxyl groups is 2. The van der Waals surface area contributed by atoms with Gasteiger partial charge in [-0.25, -0.2) is 0 Å². The number of carboxylic acids is 1. The smallest absolute Gasteiger partial charge is 0.303 e. The lowest BCUT2D eigenvalue weighted by molar-refractivity contribution is -0.137. The topological polar surface area (TPSA) is 77.8 Å². The van der Waals surface area contributed by atoms with E-state index in [-0.39, 0.29) is 29.0 Å². The Labute approximate surface area is 204 Å². The molecule has 0 radical (unpaired) electrons. The second-order valence-electron chi connectivity index (χ2n) is 9.33. The molecule has 0 aromatic carbocycles. The summed E-state index contributed by atoms with van der Waals surface area (Å²) in [6.45, 7) is 0. The number of carbonyl (C=O) groups is 1. The van der Waals surface area contributed by atoms with Gasteiger partial charge in [0.25, 0.3) is 0 Å². The molecule has 2 saturated carbocycles. The van der Waals surface area contributed by atoms with Gasteiger partial charge in [0.15, 0.2) is 0 Å². The van der Waals surface area contributed by atoms with Crippen molar-refractivity contribution in [3.8, 4) is 0 Å². The van der Waals surface area contributed by atoms with Crippen molar-refractivity contribution in [1.29, 1.82) is 0 Å². The highest BCUT2D eigenvalue weighted by Crippen LogP contribution is 2.49. The van der Waals surface area contributed by atoms with Crippen molar-refractivity contribution in [1.82, 2.24) is 0 Å². The predicted molar refractivity (Wildman–Crippen MR) is 132 cm³/mol. The summed E-state index contributed by atoms with van der Waals surface area (Å²) < 4.78 is 0.789. The first kappa shape index (κ1) is 25.8. The standard InChI is InChI=1S/C25H34Cl2O4S/c26-20-15-21(28)19(18(20)7-3-1-2-4-10-24(30)31)8-5-9-22(29)25(13-6-14-25)16-17-11-12-23(27)32-17/h1,3,5,8,11-12,18-22,28-29H,2,4,6-7,9-10,13-16H2,(H,30,31)/t18-,19-,20-,21-,22?/m1/s1. The van der Waals surface area contributed by atoms with E-state index in [9.17, 15) is 15.0 Å². The molecule has 0 spiro atoms. The van der Waals surface area contributed by atoms with Gasteiger partial charge in [0.1, 0.15) is 0 Å². The third kappa shape index (κ3) is 6.83. The Morgan fingerprint density at radius 3 is 2.69 bits per heavy atom. The Bertz CT molecular complexity index is 802. The summed E-state index contributed by atoms with van der Waals surface area (Å²) in [5.74, 6) is -0.656. The molecular weight excluding hydrogens is 467 g/mol. The number of rotatable bonds is 12. The molecule has 1 unspecified atom stereocenters. The number of carboxylic acid groups (broad SMARTS) is 1. The van der Waals surface area contributed by atoms with Gasteiger partial charge in [0.05, 0.1) is 16.5 Å². The first-order chi connectivity index (χ1) is 15.3. The maximum atomic E-state index is 11.0. The lowest BCUT2D eigenvalue weighted by Crippen LogP contribution is -2.42. The highest BCUT2D eigenvalue weighted by molar-refractivity contribution is 7.16. The van der Waals surface area contributed by atoms with Crippen LogP contribution in [0.2, 0.25) is 4.34 Å². The molecule has 1 heterocycles. The molecule has 7 heteroatoms. The van der Waals surface area contributed by atoms with E-state index in [4.69, 9.17) is 28.3 Å². The van der Waals surface area contributed by atoms with E-state index in [0.717, 1.165) is 42.9 Å². The van der Waals surface area contributed by atoms with Crippen LogP contribution in [0.5, 0.6) is 0 Å². The van der Waals surface area contributed by atoms with Crippen LogP contribution in [0.3, 0.4) is 0 Å². The zero-order chi connectivity index (χ0) is 23.1. The summed E-state index contributed by atoms with van der Waals surface area (Å²) >= 11 is 14.2. The van der Waals surface area contributed by atoms with Crippen LogP contribution in [0.25, 0.3) is 0 Å². The molecule has 32 heavy (non-hydrogen) atoms. The highest BCUT2D eigenvalue weighted by Gasteiger charge is 2.43. The Kier molecular flexibility index (Phi) is 9.69. The van der Waals surface area contributed by atoms with E-state index in [2.05, 4.69) is 12.1 Å². The summed E-state index contributed by atoms with van der Waals surface area (Å²) in [6.07, 6.45) is 14.8. The van der Waals surface area contributed by atoms with Gasteiger partial charge in [0, 0.05) is 28.0 Å². The van der Waals surface area contributed by atoms with Crippen LogP contribution in [0.15, 0.2) is 36.4 Å². The van der Waals surface area contributed by atoms with Gasteiger partial charge in [-0.05, 0) is 69.4 Å². The summed E-state index contributed by atoms with van der Waals surface area (Å²) in [5.41, 5.74) is -0.0695. The molecule has 178 valence electrons. The van der Waals surface area contributed by atoms with E-state index in [1.54, 1.807) is 11.3 Å². The number of aliphatic carboxylic acids is 1. The number of hydrogen-bond acceptors (Lipinski definition) is 4. The van der Waals surface area contributed by atoms with E-state index in [1.807, 2.05) is 24.3 Å². The molecule has 2 aliphatic rings. The zero-order valence-electron chi connectivity index (χ0n) is 18.3. The lowest BCUT2D eigenvalue weighted by Gasteiger charge is -2.45. The molecule has 0 bridgehead atoms. The summed E-state index contributed by atoms with van der Waals surface area (Å²) in [5, 5.41) is 30.1. The molecule has 2 fully saturated rings. The Hall–Kier alpha value is -0.850. The number of unbranched alkanes of at least 4 members (excludes halogenated alkanes) is 1. The van der Waals surface area contributed by atoms with Crippen LogP contribution >= 0.6 is 34.5 Å². The summed E-state index contributed by atoms with van der Waals surface area (Å²) in [4.78, 5) is 11.8. The average Bonchev–Trinajstić information content (AvgIpc) is 3.23. The van der Waals surface area contributed by atoms with Crippen LogP contribution in [0.1, 0.15) is 62.7 Å². The van der Waals surface area contributed by atoms with Crippen molar-refractivity contribution in [2.24, 2.45) is 17.3 Å². The largest absolute Gasteiger partial charge is 0.481 e. The van der Waals surface area contributed by atoms with Crippen LogP contribution in [0, 0.1) is 17.3 Å². The Balaban J connectivity index is 1.52. The summed E-state index contributed by atoms with van der Waals surface area (Å²) in [6, 6.07) is 3.98. The van der Waals surface area contributed by atoms with Gasteiger partial charge in [-0.2, -0.15) is 0 Å². The van der Waals surface area contributed by atoms with E-state index < -0.39 is 18.2 Å². The van der Waals surface area contributed by atoms with E-state index >= 15 is 0 Å². The second-order valence-corrected chi connectivity index (χ2v) is 11.7. The zero-order valence-corrected chi connectivity index (χ0v) is 20.7. The molecule has 0 amide bonds. The molecule has 5 atom stereocenters. The van der Waals surface area contributed by atoms with Crippen LogP contribution in [0.4, 0.5) is 0 Å². The van der Waals surface area contributed by atoms with Crippen molar-refractivity contribution in [3.05, 3.63) is 45.7 Å². The first-order valence-electron chi connectivity index (χ1n) is 11.6. The van der Waals surface area contributed by atoms with Crippen LogP contribution < -0.4 is 0 Å². The molecule has 4 nitrogen and oxygen atoms in total. The van der Waals surface area contributed by atoms with Crippen molar-refractivity contribution in [2.75, 3.05) is 0 Å². The minimum atomic E-state index is -0.770. The van der Waals surface area contributed by atoms with Crippen molar-refractivity contribution < 1.29 is 20.1 Å². The summed E-state index contributed by atoms with van der Waals surface area (Å²) in [7, 11) is 0. The molecule has 0 saturated heterocycles. The predicted octanol–water partition coefficient (Wildman–Crippen LogP) is 6.23. The molecule has 3 rings (SSSR count). The quantitative estimate of drug-likeness (QED) is 0.180. The fourth-order valence-corrected chi connectivity index (χ4v) is 6.77. The first-order valence-corrected chi connectivity index (χ1v) is 13.2. The number of thiophene rings is 1. The number of halogens is 2. The second kappa shape index (κ2) is 12.0. The van der Waals surface area contributed by atoms with Crippen molar-refractivity contribution >= 4 is 40.5 Å². The molecule has 1 aromatic rings. The van der Waals surface area contributed by atoms with Crippen molar-refractivity contribution in [2.45, 2.75) is 81.8 Å². The van der Waals surface area contributed by atoms with Gasteiger partial charge in [-0.3, -0.25) is 4.79 Å². The average molecular weight is 502 g/mol. The van der Waals surface area contributed by atoms with Gasteiger partial charge >= 0.3 is 5.97 Å². The van der Waals surface area contributed by atoms with E-state index in [1.165, 1.54) is 4.88 Å². The fourth-order valence-electron chi connectivity index (χ4n) is 5.07. The van der Waals surface area contributed by atoms with Gasteiger partial charge < -0.3 is 15.3 Å². The van der Waals surface area contributed by atoms with Crippen molar-refractivity contribution in [3.63, 3.8) is 0 Å². The van der Waals surface area contributed by atoms with Gasteiger partial charge in [0.2, 0.25) is 0 Å². The number of aliphatic hydroxyl groups excluding tert-OH is 2. The van der Waals surface area contributed by atoms with E-state index in [0.29, 0.717) is 19.3 Å². The van der Waals surface area contributed by atoms with Crippen LogP contribution in [-0.2, 0) is 11.2 Å². The van der Waals surface area contributed by atoms with Gasteiger partial charge in [-0.15, -0.1) is 22.9 Å². The molecular formula is C25H34Cl2O4S. The number of hydrogen-bond donors (Lipinski definition) is 3. The third-order valence-corrected chi connectivity index (χ3v) is 8.87. The molecule has 1 aromatic heterocycles. The maximum Gasteiger partial charge on any atom is 0.303 e. The minimum Gasteiger partial charge on any atom is -0.481 e. The normalized spacial score (nSPS) is 28.4. The minimum absolute atomic E-state index is 0.0261. The third-order valence-electron chi connectivity index (χ3n) is 7.14. The SMILES string of the molecule is O=C(O)CCCC=CC[C@@H]1[C@@H](C=CCC(O)C2(Cc3ccc(Cl)s3)CCC2)[C@H](O)C[C@H]1Cl. The van der Waals surface area contributed by atoms with Gasteiger partial charge in [-0.1, -0.05) is 42.3 Å². The lowest BCUT2D eigenvalue weighted by atomic mass is 9.62. The molecule has 0 aliphatic heterocycles. The fraction of sp³-hybridized carbons (Fsp3) is 0.640. The van der Waals surface area contributed by atoms with Crippen LogP contribution in [-0.4, -0.2) is 38.9 Å².